The van der Waals surface area contributed by atoms with Crippen molar-refractivity contribution in [1.29, 1.82) is 0 Å². The number of carbonyl (C=O) groups is 1. The molecule has 0 bridgehead atoms. The van der Waals surface area contributed by atoms with Gasteiger partial charge in [0.15, 0.2) is 0 Å². The van der Waals surface area contributed by atoms with Crippen molar-refractivity contribution in [3.8, 4) is 0 Å². The maximum atomic E-state index is 9.95. The Balaban J connectivity index is 2.67. The number of rotatable bonds is 3. The minimum absolute atomic E-state index is 0.112. The highest BCUT2D eigenvalue weighted by Crippen LogP contribution is 2.06. The van der Waals surface area contributed by atoms with Crippen LogP contribution in [0.15, 0.2) is 16.5 Å². The van der Waals surface area contributed by atoms with Crippen molar-refractivity contribution in [2.75, 3.05) is 0 Å². The molecule has 0 aromatic carbocycles. The van der Waals surface area contributed by atoms with Crippen LogP contribution < -0.4 is 0 Å². The maximum absolute atomic E-state index is 9.95. The number of aliphatic hydroxyl groups excluding tert-OH is 1. The first-order chi connectivity index (χ1) is 4.86. The second kappa shape index (κ2) is 3.17. The van der Waals surface area contributed by atoms with Crippen LogP contribution in [0.2, 0.25) is 0 Å². The van der Waals surface area contributed by atoms with E-state index in [1.807, 2.05) is 0 Å². The van der Waals surface area contributed by atoms with Gasteiger partial charge in [-0.2, -0.15) is 0 Å². The van der Waals surface area contributed by atoms with Crippen LogP contribution >= 0.6 is 0 Å². The summed E-state index contributed by atoms with van der Waals surface area (Å²) in [6.45, 7) is -0.112. The first kappa shape index (κ1) is 7.02. The molecular formula is C7H8O3. The van der Waals surface area contributed by atoms with Crippen molar-refractivity contribution in [3.63, 3.8) is 0 Å². The molecule has 1 aromatic heterocycles. The highest BCUT2D eigenvalue weighted by molar-refractivity contribution is 5.53. The lowest BCUT2D eigenvalue weighted by Crippen LogP contribution is -1.80. The van der Waals surface area contributed by atoms with Gasteiger partial charge in [-0.05, 0) is 12.1 Å². The lowest BCUT2D eigenvalue weighted by molar-refractivity contribution is -0.107. The minimum Gasteiger partial charge on any atom is -0.463 e. The van der Waals surface area contributed by atoms with Crippen LogP contribution in [-0.2, 0) is 17.8 Å². The Bertz CT molecular complexity index is 214. The van der Waals surface area contributed by atoms with Gasteiger partial charge < -0.3 is 14.3 Å². The van der Waals surface area contributed by atoms with Crippen molar-refractivity contribution in [2.24, 2.45) is 0 Å². The average molecular weight is 140 g/mol. The molecule has 0 aliphatic carbocycles. The molecule has 3 heteroatoms. The zero-order valence-corrected chi connectivity index (χ0v) is 5.41. The monoisotopic (exact) mass is 140 g/mol. The molecular weight excluding hydrogens is 132 g/mol. The lowest BCUT2D eigenvalue weighted by Gasteiger charge is -1.86. The Kier molecular flexibility index (Phi) is 2.23. The molecule has 10 heavy (non-hydrogen) atoms. The third-order valence-electron chi connectivity index (χ3n) is 1.16. The normalized spacial score (nSPS) is 9.70. The Hall–Kier alpha value is -1.09. The van der Waals surface area contributed by atoms with Gasteiger partial charge in [0.1, 0.15) is 24.4 Å². The largest absolute Gasteiger partial charge is 0.463 e. The first-order valence-electron chi connectivity index (χ1n) is 2.99. The zero-order chi connectivity index (χ0) is 7.40. The average Bonchev–Trinajstić information content (AvgIpc) is 2.37. The van der Waals surface area contributed by atoms with E-state index in [1.165, 1.54) is 0 Å². The van der Waals surface area contributed by atoms with Gasteiger partial charge in [-0.1, -0.05) is 0 Å². The van der Waals surface area contributed by atoms with E-state index < -0.39 is 0 Å². The third kappa shape index (κ3) is 1.45. The molecule has 0 spiro atoms. The summed E-state index contributed by atoms with van der Waals surface area (Å²) in [5, 5.41) is 8.54. The number of aldehydes is 1. The lowest BCUT2D eigenvalue weighted by atomic mass is 10.3. The van der Waals surface area contributed by atoms with Gasteiger partial charge in [-0.3, -0.25) is 0 Å². The molecule has 0 fully saturated rings. The molecule has 1 rings (SSSR count). The molecule has 1 N–H and O–H groups in total. The van der Waals surface area contributed by atoms with E-state index in [2.05, 4.69) is 0 Å². The van der Waals surface area contributed by atoms with E-state index in [4.69, 9.17) is 9.52 Å². The fourth-order valence-electron chi connectivity index (χ4n) is 0.699. The molecule has 0 unspecified atom stereocenters. The highest BCUT2D eigenvalue weighted by Gasteiger charge is 1.98. The molecule has 0 saturated carbocycles. The summed E-state index contributed by atoms with van der Waals surface area (Å²) in [6, 6.07) is 3.33. The van der Waals surface area contributed by atoms with Gasteiger partial charge in [-0.15, -0.1) is 0 Å². The van der Waals surface area contributed by atoms with Crippen molar-refractivity contribution < 1.29 is 14.3 Å². The Morgan fingerprint density at radius 1 is 1.50 bits per heavy atom. The van der Waals surface area contributed by atoms with Crippen molar-refractivity contribution >= 4 is 6.29 Å². The predicted octanol–water partition coefficient (Wildman–Crippen LogP) is 0.513. The smallest absolute Gasteiger partial charge is 0.129 e. The van der Waals surface area contributed by atoms with E-state index in [1.54, 1.807) is 12.1 Å². The third-order valence-corrected chi connectivity index (χ3v) is 1.16. The summed E-state index contributed by atoms with van der Waals surface area (Å²) < 4.78 is 4.99. The quantitative estimate of drug-likeness (QED) is 0.622. The van der Waals surface area contributed by atoms with Gasteiger partial charge in [0.25, 0.3) is 0 Å². The summed E-state index contributed by atoms with van der Waals surface area (Å²) in [6.07, 6.45) is 1.04. The Morgan fingerprint density at radius 2 is 2.20 bits per heavy atom. The standard InChI is InChI=1S/C7H8O3/c8-4-3-6-1-2-7(5-9)10-6/h1-2,4,9H,3,5H2. The van der Waals surface area contributed by atoms with Crippen LogP contribution in [0.5, 0.6) is 0 Å². The summed E-state index contributed by atoms with van der Waals surface area (Å²) >= 11 is 0. The van der Waals surface area contributed by atoms with Crippen LogP contribution in [0, 0.1) is 0 Å². The topological polar surface area (TPSA) is 50.4 Å². The maximum Gasteiger partial charge on any atom is 0.129 e. The van der Waals surface area contributed by atoms with E-state index in [0.29, 0.717) is 11.5 Å². The van der Waals surface area contributed by atoms with Gasteiger partial charge in [0.05, 0.1) is 6.42 Å². The summed E-state index contributed by atoms with van der Waals surface area (Å²) in [4.78, 5) is 9.95. The second-order valence-electron chi connectivity index (χ2n) is 1.90. The highest BCUT2D eigenvalue weighted by atomic mass is 16.4. The number of furan rings is 1. The van der Waals surface area contributed by atoms with E-state index in [-0.39, 0.29) is 13.0 Å². The van der Waals surface area contributed by atoms with Crippen molar-refractivity contribution in [2.45, 2.75) is 13.0 Å². The van der Waals surface area contributed by atoms with Gasteiger partial charge >= 0.3 is 0 Å². The van der Waals surface area contributed by atoms with Gasteiger partial charge in [-0.25, -0.2) is 0 Å². The SMILES string of the molecule is O=CCc1ccc(CO)o1. The zero-order valence-electron chi connectivity index (χ0n) is 5.41. The summed E-state index contributed by atoms with van der Waals surface area (Å²) in [5.74, 6) is 1.09. The molecule has 54 valence electrons. The first-order valence-corrected chi connectivity index (χ1v) is 2.99. The van der Waals surface area contributed by atoms with Crippen molar-refractivity contribution in [1.82, 2.24) is 0 Å². The van der Waals surface area contributed by atoms with E-state index in [0.717, 1.165) is 6.29 Å². The molecule has 0 atom stereocenters. The van der Waals surface area contributed by atoms with Crippen LogP contribution in [0.3, 0.4) is 0 Å². The Morgan fingerprint density at radius 3 is 2.70 bits per heavy atom. The molecule has 0 radical (unpaired) electrons. The predicted molar refractivity (Wildman–Crippen MR) is 34.4 cm³/mol. The summed E-state index contributed by atoms with van der Waals surface area (Å²) in [7, 11) is 0. The van der Waals surface area contributed by atoms with Crippen molar-refractivity contribution in [3.05, 3.63) is 23.7 Å². The molecule has 3 nitrogen and oxygen atoms in total. The number of aliphatic hydroxyl groups is 1. The number of carbonyl (C=O) groups excluding carboxylic acids is 1. The number of hydrogen-bond donors (Lipinski definition) is 1. The Labute approximate surface area is 58.3 Å². The van der Waals surface area contributed by atoms with Crippen LogP contribution in [0.4, 0.5) is 0 Å². The van der Waals surface area contributed by atoms with Gasteiger partial charge in [0, 0.05) is 0 Å². The van der Waals surface area contributed by atoms with Gasteiger partial charge in [0.2, 0.25) is 0 Å². The minimum atomic E-state index is -0.112. The fourth-order valence-corrected chi connectivity index (χ4v) is 0.699. The molecule has 1 heterocycles. The molecule has 1 aromatic rings. The van der Waals surface area contributed by atoms with Crippen LogP contribution in [0.25, 0.3) is 0 Å². The molecule has 0 aliphatic heterocycles. The van der Waals surface area contributed by atoms with E-state index >= 15 is 0 Å². The second-order valence-corrected chi connectivity index (χ2v) is 1.90. The van der Waals surface area contributed by atoms with E-state index in [9.17, 15) is 4.79 Å². The number of hydrogen-bond acceptors (Lipinski definition) is 3. The summed E-state index contributed by atoms with van der Waals surface area (Å²) in [5.41, 5.74) is 0. The molecule has 0 aliphatic rings. The molecule has 0 saturated heterocycles. The van der Waals surface area contributed by atoms with Crippen LogP contribution in [0.1, 0.15) is 11.5 Å². The molecule has 0 amide bonds. The fraction of sp³-hybridized carbons (Fsp3) is 0.286. The van der Waals surface area contributed by atoms with Crippen LogP contribution in [-0.4, -0.2) is 11.4 Å².